The monoisotopic (exact) mass is 228 g/mol. The molecule has 0 aliphatic carbocycles. The van der Waals surface area contributed by atoms with E-state index in [1.165, 1.54) is 0 Å². The van der Waals surface area contributed by atoms with Gasteiger partial charge in [0.2, 0.25) is 5.91 Å². The second kappa shape index (κ2) is 7.09. The zero-order chi connectivity index (χ0) is 11.8. The lowest BCUT2D eigenvalue weighted by atomic mass is 10.1. The van der Waals surface area contributed by atoms with Crippen LogP contribution in [0.1, 0.15) is 39.0 Å². The molecule has 0 spiro atoms. The van der Waals surface area contributed by atoms with E-state index in [0.717, 1.165) is 25.7 Å². The molecule has 1 fully saturated rings. The third-order valence-corrected chi connectivity index (χ3v) is 2.56. The lowest BCUT2D eigenvalue weighted by molar-refractivity contribution is -0.122. The van der Waals surface area contributed by atoms with Crippen LogP contribution in [0.3, 0.4) is 0 Å². The summed E-state index contributed by atoms with van der Waals surface area (Å²) in [7, 11) is 0. The van der Waals surface area contributed by atoms with Crippen molar-refractivity contribution >= 4 is 12.0 Å². The van der Waals surface area contributed by atoms with E-state index in [0.29, 0.717) is 19.6 Å². The number of hydrogen-bond donors (Lipinski definition) is 2. The molecular weight excluding hydrogens is 208 g/mol. The zero-order valence-corrected chi connectivity index (χ0v) is 9.75. The number of amides is 2. The molecule has 0 aromatic carbocycles. The van der Waals surface area contributed by atoms with Crippen LogP contribution in [0.5, 0.6) is 0 Å². The molecule has 1 rings (SSSR count). The van der Waals surface area contributed by atoms with E-state index in [1.54, 1.807) is 0 Å². The summed E-state index contributed by atoms with van der Waals surface area (Å²) in [5.74, 6) is -0.107. The first-order chi connectivity index (χ1) is 7.74. The third kappa shape index (κ3) is 4.51. The van der Waals surface area contributed by atoms with Crippen molar-refractivity contribution < 1.29 is 14.3 Å². The maximum absolute atomic E-state index is 11.5. The molecule has 1 aliphatic rings. The number of hydrogen-bond acceptors (Lipinski definition) is 3. The molecule has 1 atom stereocenters. The van der Waals surface area contributed by atoms with Gasteiger partial charge in [0.15, 0.2) is 0 Å². The Labute approximate surface area is 95.9 Å². The molecule has 1 aliphatic heterocycles. The van der Waals surface area contributed by atoms with Crippen molar-refractivity contribution in [2.24, 2.45) is 0 Å². The molecule has 0 saturated carbocycles. The lowest BCUT2D eigenvalue weighted by Crippen LogP contribution is -2.45. The summed E-state index contributed by atoms with van der Waals surface area (Å²) in [5.41, 5.74) is 0. The SMILES string of the molecule is CCCCOC(=O)NC1CCCCNC1=O. The molecule has 0 bridgehead atoms. The Bertz CT molecular complexity index is 243. The smallest absolute Gasteiger partial charge is 0.407 e. The largest absolute Gasteiger partial charge is 0.450 e. The number of ether oxygens (including phenoxy) is 1. The maximum atomic E-state index is 11.5. The highest BCUT2D eigenvalue weighted by atomic mass is 16.5. The molecule has 0 aromatic heterocycles. The Hall–Kier alpha value is -1.26. The van der Waals surface area contributed by atoms with E-state index in [4.69, 9.17) is 4.74 Å². The molecular formula is C11H20N2O3. The number of rotatable bonds is 4. The van der Waals surface area contributed by atoms with E-state index in [9.17, 15) is 9.59 Å². The first-order valence-corrected chi connectivity index (χ1v) is 5.95. The van der Waals surface area contributed by atoms with E-state index in [-0.39, 0.29) is 5.91 Å². The maximum Gasteiger partial charge on any atom is 0.407 e. The van der Waals surface area contributed by atoms with Crippen LogP contribution in [-0.4, -0.2) is 31.2 Å². The summed E-state index contributed by atoms with van der Waals surface area (Å²) in [6, 6.07) is -0.434. The minimum atomic E-state index is -0.490. The zero-order valence-electron chi connectivity index (χ0n) is 9.75. The molecule has 16 heavy (non-hydrogen) atoms. The van der Waals surface area contributed by atoms with Gasteiger partial charge < -0.3 is 15.4 Å². The Kier molecular flexibility index (Phi) is 5.67. The van der Waals surface area contributed by atoms with Crippen LogP contribution in [0.2, 0.25) is 0 Å². The van der Waals surface area contributed by atoms with Crippen LogP contribution in [0.15, 0.2) is 0 Å². The summed E-state index contributed by atoms with van der Waals surface area (Å²) in [6.45, 7) is 3.14. The molecule has 1 unspecified atom stereocenters. The number of alkyl carbamates (subject to hydrolysis) is 1. The number of unbranched alkanes of at least 4 members (excludes halogenated alkanes) is 1. The summed E-state index contributed by atoms with van der Waals surface area (Å²) in [4.78, 5) is 22.8. The quantitative estimate of drug-likeness (QED) is 0.710. The Morgan fingerprint density at radius 3 is 3.12 bits per heavy atom. The first-order valence-electron chi connectivity index (χ1n) is 5.95. The van der Waals surface area contributed by atoms with Crippen LogP contribution >= 0.6 is 0 Å². The molecule has 0 radical (unpaired) electrons. The highest BCUT2D eigenvalue weighted by Crippen LogP contribution is 2.05. The molecule has 92 valence electrons. The van der Waals surface area contributed by atoms with Crippen molar-refractivity contribution in [1.82, 2.24) is 10.6 Å². The molecule has 2 amide bonds. The number of carbonyl (C=O) groups excluding carboxylic acids is 2. The van der Waals surface area contributed by atoms with Crippen LogP contribution in [0.25, 0.3) is 0 Å². The van der Waals surface area contributed by atoms with Gasteiger partial charge in [0, 0.05) is 6.54 Å². The first kappa shape index (κ1) is 12.8. The molecule has 1 saturated heterocycles. The highest BCUT2D eigenvalue weighted by Gasteiger charge is 2.22. The van der Waals surface area contributed by atoms with Crippen molar-refractivity contribution in [2.75, 3.05) is 13.2 Å². The molecule has 2 N–H and O–H groups in total. The van der Waals surface area contributed by atoms with Gasteiger partial charge in [0.25, 0.3) is 0 Å². The van der Waals surface area contributed by atoms with Gasteiger partial charge in [0.05, 0.1) is 6.61 Å². The van der Waals surface area contributed by atoms with Gasteiger partial charge in [-0.05, 0) is 25.7 Å². The van der Waals surface area contributed by atoms with Gasteiger partial charge in [-0.25, -0.2) is 4.79 Å². The summed E-state index contributed by atoms with van der Waals surface area (Å²) < 4.78 is 4.94. The normalized spacial score (nSPS) is 20.8. The van der Waals surface area contributed by atoms with Gasteiger partial charge in [-0.3, -0.25) is 4.79 Å². The van der Waals surface area contributed by atoms with Gasteiger partial charge >= 0.3 is 6.09 Å². The van der Waals surface area contributed by atoms with Crippen molar-refractivity contribution in [3.05, 3.63) is 0 Å². The van der Waals surface area contributed by atoms with Crippen LogP contribution in [-0.2, 0) is 9.53 Å². The Morgan fingerprint density at radius 2 is 2.38 bits per heavy atom. The Balaban J connectivity index is 2.27. The summed E-state index contributed by atoms with van der Waals surface area (Å²) >= 11 is 0. The van der Waals surface area contributed by atoms with Gasteiger partial charge in [-0.1, -0.05) is 13.3 Å². The lowest BCUT2D eigenvalue weighted by Gasteiger charge is -2.14. The number of carbonyl (C=O) groups is 2. The summed E-state index contributed by atoms with van der Waals surface area (Å²) in [6.07, 6.45) is 3.94. The van der Waals surface area contributed by atoms with E-state index in [2.05, 4.69) is 10.6 Å². The Morgan fingerprint density at radius 1 is 1.56 bits per heavy atom. The third-order valence-electron chi connectivity index (χ3n) is 2.56. The van der Waals surface area contributed by atoms with Gasteiger partial charge in [-0.15, -0.1) is 0 Å². The molecule has 0 aromatic rings. The van der Waals surface area contributed by atoms with Crippen molar-refractivity contribution in [3.63, 3.8) is 0 Å². The van der Waals surface area contributed by atoms with Crippen molar-refractivity contribution in [3.8, 4) is 0 Å². The van der Waals surface area contributed by atoms with E-state index >= 15 is 0 Å². The van der Waals surface area contributed by atoms with Crippen molar-refractivity contribution in [2.45, 2.75) is 45.1 Å². The standard InChI is InChI=1S/C11H20N2O3/c1-2-3-8-16-11(15)13-9-6-4-5-7-12-10(9)14/h9H,2-8H2,1H3,(H,12,14)(H,13,15). The average molecular weight is 228 g/mol. The predicted octanol–water partition coefficient (Wildman–Crippen LogP) is 1.18. The minimum absolute atomic E-state index is 0.107. The van der Waals surface area contributed by atoms with Crippen LogP contribution < -0.4 is 10.6 Å². The van der Waals surface area contributed by atoms with Gasteiger partial charge in [-0.2, -0.15) is 0 Å². The van der Waals surface area contributed by atoms with Crippen LogP contribution in [0.4, 0.5) is 4.79 Å². The van der Waals surface area contributed by atoms with E-state index in [1.807, 2.05) is 6.92 Å². The molecule has 5 heteroatoms. The second-order valence-corrected chi connectivity index (χ2v) is 3.97. The van der Waals surface area contributed by atoms with Gasteiger partial charge in [0.1, 0.15) is 6.04 Å². The summed E-state index contributed by atoms with van der Waals surface area (Å²) in [5, 5.41) is 5.35. The topological polar surface area (TPSA) is 67.4 Å². The average Bonchev–Trinajstić information content (AvgIpc) is 2.45. The van der Waals surface area contributed by atoms with Crippen molar-refractivity contribution in [1.29, 1.82) is 0 Å². The highest BCUT2D eigenvalue weighted by molar-refractivity contribution is 5.85. The fraction of sp³-hybridized carbons (Fsp3) is 0.818. The fourth-order valence-electron chi connectivity index (χ4n) is 1.57. The molecule has 5 nitrogen and oxygen atoms in total. The van der Waals surface area contributed by atoms with E-state index < -0.39 is 12.1 Å². The number of nitrogens with one attached hydrogen (secondary N) is 2. The minimum Gasteiger partial charge on any atom is -0.450 e. The fourth-order valence-corrected chi connectivity index (χ4v) is 1.57. The predicted molar refractivity (Wildman–Crippen MR) is 60.0 cm³/mol. The van der Waals surface area contributed by atoms with Crippen LogP contribution in [0, 0.1) is 0 Å². The molecule has 1 heterocycles. The second-order valence-electron chi connectivity index (χ2n) is 3.97.